The van der Waals surface area contributed by atoms with Gasteiger partial charge >= 0.3 is 6.03 Å². The van der Waals surface area contributed by atoms with Crippen LogP contribution in [0.5, 0.6) is 0 Å². The molecule has 0 bridgehead atoms. The number of aliphatic hydroxyl groups is 1. The number of β-amino-alcohol motifs (C(OH)–C–C–N with tert-alkyl or cyclic N) is 1. The highest BCUT2D eigenvalue weighted by Crippen LogP contribution is 2.18. The summed E-state index contributed by atoms with van der Waals surface area (Å²) in [5, 5.41) is 18.2. The van der Waals surface area contributed by atoms with Gasteiger partial charge in [-0.05, 0) is 57.5 Å². The molecule has 7 heteroatoms. The van der Waals surface area contributed by atoms with Crippen LogP contribution in [0.25, 0.3) is 0 Å². The maximum absolute atomic E-state index is 12.1. The summed E-state index contributed by atoms with van der Waals surface area (Å²) < 4.78 is 0. The Hall–Kier alpha value is -2.12. The van der Waals surface area contributed by atoms with E-state index in [0.29, 0.717) is 29.9 Å². The van der Waals surface area contributed by atoms with Gasteiger partial charge in [-0.3, -0.25) is 4.79 Å². The molecule has 0 radical (unpaired) electrons. The van der Waals surface area contributed by atoms with Gasteiger partial charge < -0.3 is 26.0 Å². The Balaban J connectivity index is 1.85. The van der Waals surface area contributed by atoms with Gasteiger partial charge in [0.15, 0.2) is 0 Å². The van der Waals surface area contributed by atoms with E-state index in [1.807, 2.05) is 6.92 Å². The van der Waals surface area contributed by atoms with E-state index in [1.165, 1.54) is 12.8 Å². The molecule has 1 aliphatic rings. The molecule has 2 rings (SSSR count). The smallest absolute Gasteiger partial charge is 0.319 e. The van der Waals surface area contributed by atoms with E-state index in [1.54, 1.807) is 25.1 Å². The highest BCUT2D eigenvalue weighted by atomic mass is 16.3. The third-order valence-corrected chi connectivity index (χ3v) is 4.33. The molecular formula is C18H28N4O3. The lowest BCUT2D eigenvalue weighted by Gasteiger charge is -2.20. The van der Waals surface area contributed by atoms with Gasteiger partial charge in [-0.1, -0.05) is 6.07 Å². The molecule has 0 saturated carbocycles. The molecule has 138 valence electrons. The molecule has 1 saturated heterocycles. The Morgan fingerprint density at radius 1 is 1.24 bits per heavy atom. The van der Waals surface area contributed by atoms with Gasteiger partial charge in [0, 0.05) is 30.9 Å². The van der Waals surface area contributed by atoms with Crippen molar-refractivity contribution >= 4 is 17.6 Å². The van der Waals surface area contributed by atoms with Crippen molar-refractivity contribution in [2.75, 3.05) is 38.0 Å². The molecule has 3 amide bonds. The van der Waals surface area contributed by atoms with E-state index in [9.17, 15) is 14.7 Å². The predicted molar refractivity (Wildman–Crippen MR) is 97.9 cm³/mol. The van der Waals surface area contributed by atoms with Crippen LogP contribution in [0.4, 0.5) is 10.5 Å². The molecule has 1 fully saturated rings. The first-order chi connectivity index (χ1) is 12.0. The number of amides is 3. The Labute approximate surface area is 148 Å². The lowest BCUT2D eigenvalue weighted by molar-refractivity contribution is 0.0955. The number of benzene rings is 1. The summed E-state index contributed by atoms with van der Waals surface area (Å²) in [6.07, 6.45) is 1.75. The first kappa shape index (κ1) is 19.2. The zero-order valence-electron chi connectivity index (χ0n) is 15.0. The van der Waals surface area contributed by atoms with Crippen LogP contribution < -0.4 is 16.0 Å². The number of likely N-dealkylation sites (tertiary alicyclic amines) is 1. The summed E-state index contributed by atoms with van der Waals surface area (Å²) in [5.74, 6) is -0.162. The molecule has 25 heavy (non-hydrogen) atoms. The summed E-state index contributed by atoms with van der Waals surface area (Å²) in [6.45, 7) is 6.98. The Morgan fingerprint density at radius 2 is 1.96 bits per heavy atom. The minimum Gasteiger partial charge on any atom is -0.390 e. The van der Waals surface area contributed by atoms with Gasteiger partial charge in [-0.2, -0.15) is 0 Å². The number of nitrogens with one attached hydrogen (secondary N) is 3. The summed E-state index contributed by atoms with van der Waals surface area (Å²) in [6, 6.07) is 4.81. The van der Waals surface area contributed by atoms with Crippen molar-refractivity contribution in [1.29, 1.82) is 0 Å². The third kappa shape index (κ3) is 5.72. The monoisotopic (exact) mass is 348 g/mol. The molecule has 1 aromatic carbocycles. The molecule has 0 aliphatic carbocycles. The van der Waals surface area contributed by atoms with Crippen LogP contribution in [0.1, 0.15) is 35.7 Å². The summed E-state index contributed by atoms with van der Waals surface area (Å²) in [7, 11) is 0. The average Bonchev–Trinajstić information content (AvgIpc) is 3.08. The highest BCUT2D eigenvalue weighted by molar-refractivity contribution is 5.99. The normalized spacial score (nSPS) is 15.6. The number of carbonyl (C=O) groups is 2. The van der Waals surface area contributed by atoms with Crippen LogP contribution in [0.2, 0.25) is 0 Å². The van der Waals surface area contributed by atoms with Gasteiger partial charge in [-0.25, -0.2) is 4.79 Å². The fourth-order valence-electron chi connectivity index (χ4n) is 2.98. The maximum atomic E-state index is 12.1. The van der Waals surface area contributed by atoms with Gasteiger partial charge in [0.1, 0.15) is 0 Å². The Morgan fingerprint density at radius 3 is 2.64 bits per heavy atom. The number of hydrogen-bond acceptors (Lipinski definition) is 4. The first-order valence-electron chi connectivity index (χ1n) is 8.84. The van der Waals surface area contributed by atoms with Crippen molar-refractivity contribution in [2.24, 2.45) is 0 Å². The van der Waals surface area contributed by atoms with Crippen molar-refractivity contribution in [3.8, 4) is 0 Å². The van der Waals surface area contributed by atoms with Crippen molar-refractivity contribution < 1.29 is 14.7 Å². The van der Waals surface area contributed by atoms with E-state index < -0.39 is 12.1 Å². The number of rotatable bonds is 7. The quantitative estimate of drug-likeness (QED) is 0.598. The van der Waals surface area contributed by atoms with Gasteiger partial charge in [0.25, 0.3) is 5.91 Å². The van der Waals surface area contributed by atoms with Crippen LogP contribution in [0.15, 0.2) is 18.2 Å². The molecule has 7 nitrogen and oxygen atoms in total. The standard InChI is InChI=1S/C18H28N4O3/c1-3-19-17(24)15-7-6-8-16(13(15)2)21-18(25)20-11-14(23)12-22-9-4-5-10-22/h6-8,14,23H,3-5,9-12H2,1-2H3,(H,19,24)(H2,20,21,25)/t14-/m0/s1. The van der Waals surface area contributed by atoms with E-state index in [0.717, 1.165) is 13.1 Å². The summed E-state index contributed by atoms with van der Waals surface area (Å²) in [4.78, 5) is 26.3. The largest absolute Gasteiger partial charge is 0.390 e. The van der Waals surface area contributed by atoms with Gasteiger partial charge in [-0.15, -0.1) is 0 Å². The second-order valence-electron chi connectivity index (χ2n) is 6.33. The van der Waals surface area contributed by atoms with E-state index in [-0.39, 0.29) is 12.5 Å². The topological polar surface area (TPSA) is 93.7 Å². The van der Waals surface area contributed by atoms with Crippen LogP contribution in [-0.4, -0.2) is 60.8 Å². The molecule has 1 heterocycles. The second-order valence-corrected chi connectivity index (χ2v) is 6.33. The van der Waals surface area contributed by atoms with Crippen LogP contribution >= 0.6 is 0 Å². The number of carbonyl (C=O) groups excluding carboxylic acids is 2. The number of nitrogens with zero attached hydrogens (tertiary/aromatic N) is 1. The number of aliphatic hydroxyl groups excluding tert-OH is 1. The van der Waals surface area contributed by atoms with Crippen molar-refractivity contribution in [1.82, 2.24) is 15.5 Å². The minimum atomic E-state index is -0.591. The minimum absolute atomic E-state index is 0.162. The lowest BCUT2D eigenvalue weighted by Crippen LogP contribution is -2.40. The van der Waals surface area contributed by atoms with E-state index in [4.69, 9.17) is 0 Å². The maximum Gasteiger partial charge on any atom is 0.319 e. The SMILES string of the molecule is CCNC(=O)c1cccc(NC(=O)NC[C@H](O)CN2CCCC2)c1C. The molecule has 1 aliphatic heterocycles. The lowest BCUT2D eigenvalue weighted by atomic mass is 10.1. The number of hydrogen-bond donors (Lipinski definition) is 4. The fraction of sp³-hybridized carbons (Fsp3) is 0.556. The molecule has 0 spiro atoms. The van der Waals surface area contributed by atoms with E-state index in [2.05, 4.69) is 20.9 Å². The Kier molecular flexibility index (Phi) is 7.21. The van der Waals surface area contributed by atoms with Crippen LogP contribution in [0.3, 0.4) is 0 Å². The third-order valence-electron chi connectivity index (χ3n) is 4.33. The van der Waals surface area contributed by atoms with E-state index >= 15 is 0 Å². The van der Waals surface area contributed by atoms with Crippen molar-refractivity contribution in [3.63, 3.8) is 0 Å². The molecule has 1 aromatic rings. The first-order valence-corrected chi connectivity index (χ1v) is 8.84. The average molecular weight is 348 g/mol. The number of urea groups is 1. The summed E-state index contributed by atoms with van der Waals surface area (Å²) >= 11 is 0. The van der Waals surface area contributed by atoms with Crippen LogP contribution in [-0.2, 0) is 0 Å². The van der Waals surface area contributed by atoms with Crippen LogP contribution in [0, 0.1) is 6.92 Å². The van der Waals surface area contributed by atoms with Gasteiger partial charge in [0.2, 0.25) is 0 Å². The zero-order valence-corrected chi connectivity index (χ0v) is 15.0. The highest BCUT2D eigenvalue weighted by Gasteiger charge is 2.17. The zero-order chi connectivity index (χ0) is 18.2. The molecule has 0 aromatic heterocycles. The second kappa shape index (κ2) is 9.39. The van der Waals surface area contributed by atoms with Crippen molar-refractivity contribution in [3.05, 3.63) is 29.3 Å². The predicted octanol–water partition coefficient (Wildman–Crippen LogP) is 1.32. The number of anilines is 1. The molecule has 1 atom stereocenters. The fourth-order valence-corrected chi connectivity index (χ4v) is 2.98. The van der Waals surface area contributed by atoms with Gasteiger partial charge in [0.05, 0.1) is 6.10 Å². The van der Waals surface area contributed by atoms with Crippen molar-refractivity contribution in [2.45, 2.75) is 32.8 Å². The Bertz CT molecular complexity index is 600. The molecule has 4 N–H and O–H groups in total. The summed E-state index contributed by atoms with van der Waals surface area (Å²) in [5.41, 5.74) is 1.82. The molecular weight excluding hydrogens is 320 g/mol. The molecule has 0 unspecified atom stereocenters.